The van der Waals surface area contributed by atoms with Crippen molar-refractivity contribution < 1.29 is 9.59 Å². The summed E-state index contributed by atoms with van der Waals surface area (Å²) in [5.74, 6) is 0.765. The van der Waals surface area contributed by atoms with Crippen LogP contribution in [0.3, 0.4) is 0 Å². The van der Waals surface area contributed by atoms with Gasteiger partial charge in [0, 0.05) is 19.1 Å². The van der Waals surface area contributed by atoms with E-state index < -0.39 is 6.04 Å². The number of rotatable bonds is 7. The van der Waals surface area contributed by atoms with E-state index in [1.54, 1.807) is 16.7 Å². The van der Waals surface area contributed by atoms with Crippen LogP contribution in [0.5, 0.6) is 0 Å². The Morgan fingerprint density at radius 3 is 2.77 bits per heavy atom. The summed E-state index contributed by atoms with van der Waals surface area (Å²) >= 11 is 1.68. The normalized spacial score (nSPS) is 18.9. The summed E-state index contributed by atoms with van der Waals surface area (Å²) in [6.45, 7) is 3.05. The SMILES string of the molecule is CSCCC(C(=O)NCc1ccccc1)N1C(=O)NCC1C. The molecule has 2 atom stereocenters. The van der Waals surface area contributed by atoms with Crippen molar-refractivity contribution in [2.45, 2.75) is 32.0 Å². The molecule has 1 fully saturated rings. The largest absolute Gasteiger partial charge is 0.350 e. The van der Waals surface area contributed by atoms with Crippen LogP contribution in [0.4, 0.5) is 4.79 Å². The van der Waals surface area contributed by atoms with Crippen molar-refractivity contribution in [1.29, 1.82) is 0 Å². The minimum Gasteiger partial charge on any atom is -0.350 e. The molecule has 2 unspecified atom stereocenters. The zero-order valence-corrected chi connectivity index (χ0v) is 13.9. The maximum Gasteiger partial charge on any atom is 0.318 e. The molecular formula is C16H23N3O2S. The van der Waals surface area contributed by atoms with E-state index in [2.05, 4.69) is 10.6 Å². The van der Waals surface area contributed by atoms with E-state index in [0.717, 1.165) is 11.3 Å². The van der Waals surface area contributed by atoms with Crippen molar-refractivity contribution in [3.8, 4) is 0 Å². The van der Waals surface area contributed by atoms with Gasteiger partial charge in [-0.1, -0.05) is 30.3 Å². The van der Waals surface area contributed by atoms with Crippen LogP contribution in [0.25, 0.3) is 0 Å². The molecule has 0 bridgehead atoms. The molecule has 5 nitrogen and oxygen atoms in total. The molecule has 120 valence electrons. The first-order valence-corrected chi connectivity index (χ1v) is 8.89. The van der Waals surface area contributed by atoms with Gasteiger partial charge in [-0.15, -0.1) is 0 Å². The highest BCUT2D eigenvalue weighted by Crippen LogP contribution is 2.16. The molecule has 0 saturated carbocycles. The van der Waals surface area contributed by atoms with Gasteiger partial charge in [-0.2, -0.15) is 11.8 Å². The number of nitrogens with zero attached hydrogens (tertiary/aromatic N) is 1. The fourth-order valence-electron chi connectivity index (χ4n) is 2.60. The average molecular weight is 321 g/mol. The highest BCUT2D eigenvalue weighted by atomic mass is 32.2. The first-order valence-electron chi connectivity index (χ1n) is 7.50. The zero-order chi connectivity index (χ0) is 15.9. The van der Waals surface area contributed by atoms with Crippen LogP contribution in [-0.2, 0) is 11.3 Å². The van der Waals surface area contributed by atoms with Crippen molar-refractivity contribution in [3.63, 3.8) is 0 Å². The molecule has 1 aromatic carbocycles. The predicted molar refractivity (Wildman–Crippen MR) is 89.8 cm³/mol. The lowest BCUT2D eigenvalue weighted by atomic mass is 10.1. The lowest BCUT2D eigenvalue weighted by molar-refractivity contribution is -0.126. The molecule has 1 saturated heterocycles. The van der Waals surface area contributed by atoms with Crippen LogP contribution in [0, 0.1) is 0 Å². The first-order chi connectivity index (χ1) is 10.6. The van der Waals surface area contributed by atoms with Crippen molar-refractivity contribution in [2.75, 3.05) is 18.6 Å². The summed E-state index contributed by atoms with van der Waals surface area (Å²) < 4.78 is 0. The number of amides is 3. The summed E-state index contributed by atoms with van der Waals surface area (Å²) in [4.78, 5) is 26.2. The van der Waals surface area contributed by atoms with E-state index >= 15 is 0 Å². The van der Waals surface area contributed by atoms with Gasteiger partial charge in [0.25, 0.3) is 0 Å². The minimum absolute atomic E-state index is 0.0434. The molecule has 6 heteroatoms. The summed E-state index contributed by atoms with van der Waals surface area (Å²) in [5.41, 5.74) is 1.05. The fraction of sp³-hybridized carbons (Fsp3) is 0.500. The second-order valence-electron chi connectivity index (χ2n) is 5.44. The maximum absolute atomic E-state index is 12.6. The van der Waals surface area contributed by atoms with Gasteiger partial charge in [-0.3, -0.25) is 4.79 Å². The number of nitrogens with one attached hydrogen (secondary N) is 2. The molecule has 2 N–H and O–H groups in total. The van der Waals surface area contributed by atoms with E-state index in [-0.39, 0.29) is 18.0 Å². The third-order valence-electron chi connectivity index (χ3n) is 3.80. The lowest BCUT2D eigenvalue weighted by Crippen LogP contribution is -2.50. The maximum atomic E-state index is 12.6. The molecule has 0 spiro atoms. The van der Waals surface area contributed by atoms with Gasteiger partial charge in [0.1, 0.15) is 6.04 Å². The van der Waals surface area contributed by atoms with Crippen molar-refractivity contribution in [3.05, 3.63) is 35.9 Å². The quantitative estimate of drug-likeness (QED) is 0.805. The van der Waals surface area contributed by atoms with Crippen LogP contribution in [0.1, 0.15) is 18.9 Å². The average Bonchev–Trinajstić information content (AvgIpc) is 2.86. The van der Waals surface area contributed by atoms with Gasteiger partial charge in [0.05, 0.1) is 0 Å². The van der Waals surface area contributed by atoms with E-state index in [1.807, 2.05) is 43.5 Å². The third kappa shape index (κ3) is 4.16. The second kappa shape index (κ2) is 8.08. The van der Waals surface area contributed by atoms with Crippen LogP contribution < -0.4 is 10.6 Å². The summed E-state index contributed by atoms with van der Waals surface area (Å²) in [7, 11) is 0. The summed E-state index contributed by atoms with van der Waals surface area (Å²) in [6.07, 6.45) is 2.67. The standard InChI is InChI=1S/C16H23N3O2S/c1-12-10-18-16(21)19(12)14(8-9-22-2)15(20)17-11-13-6-4-3-5-7-13/h3-7,12,14H,8-11H2,1-2H3,(H,17,20)(H,18,21). The number of carbonyl (C=O) groups is 2. The van der Waals surface area contributed by atoms with Gasteiger partial charge in [0.2, 0.25) is 5.91 Å². The Morgan fingerprint density at radius 2 is 2.18 bits per heavy atom. The van der Waals surface area contributed by atoms with E-state index in [4.69, 9.17) is 0 Å². The molecule has 1 aliphatic rings. The topological polar surface area (TPSA) is 61.4 Å². The Bertz CT molecular complexity index is 509. The van der Waals surface area contributed by atoms with Crippen LogP contribution in [0.2, 0.25) is 0 Å². The predicted octanol–water partition coefficient (Wildman–Crippen LogP) is 1.84. The van der Waals surface area contributed by atoms with E-state index in [1.165, 1.54) is 0 Å². The van der Waals surface area contributed by atoms with Gasteiger partial charge >= 0.3 is 6.03 Å². The Hall–Kier alpha value is -1.69. The molecule has 0 aromatic heterocycles. The summed E-state index contributed by atoms with van der Waals surface area (Å²) in [5, 5.41) is 5.76. The van der Waals surface area contributed by atoms with Crippen LogP contribution in [-0.4, -0.2) is 47.5 Å². The highest BCUT2D eigenvalue weighted by Gasteiger charge is 2.36. The molecule has 22 heavy (non-hydrogen) atoms. The van der Waals surface area contributed by atoms with Gasteiger partial charge in [-0.05, 0) is 30.9 Å². The minimum atomic E-state index is -0.409. The molecule has 1 heterocycles. The Morgan fingerprint density at radius 1 is 1.45 bits per heavy atom. The first kappa shape index (κ1) is 16.7. The Balaban J connectivity index is 2.01. The number of benzene rings is 1. The van der Waals surface area contributed by atoms with Gasteiger partial charge in [0.15, 0.2) is 0 Å². The lowest BCUT2D eigenvalue weighted by Gasteiger charge is -2.29. The van der Waals surface area contributed by atoms with Crippen LogP contribution >= 0.6 is 11.8 Å². The molecule has 1 aliphatic heterocycles. The molecule has 0 aliphatic carbocycles. The van der Waals surface area contributed by atoms with Gasteiger partial charge < -0.3 is 15.5 Å². The Labute approximate surface area is 135 Å². The van der Waals surface area contributed by atoms with Gasteiger partial charge in [-0.25, -0.2) is 4.79 Å². The van der Waals surface area contributed by atoms with E-state index in [0.29, 0.717) is 19.5 Å². The molecule has 2 rings (SSSR count). The fourth-order valence-corrected chi connectivity index (χ4v) is 3.06. The van der Waals surface area contributed by atoms with E-state index in [9.17, 15) is 9.59 Å². The smallest absolute Gasteiger partial charge is 0.318 e. The van der Waals surface area contributed by atoms with Crippen molar-refractivity contribution in [1.82, 2.24) is 15.5 Å². The number of hydrogen-bond donors (Lipinski definition) is 2. The number of hydrogen-bond acceptors (Lipinski definition) is 3. The third-order valence-corrected chi connectivity index (χ3v) is 4.45. The molecular weight excluding hydrogens is 298 g/mol. The molecule has 1 aromatic rings. The van der Waals surface area contributed by atoms with Crippen molar-refractivity contribution >= 4 is 23.7 Å². The number of urea groups is 1. The Kier molecular flexibility index (Phi) is 6.12. The highest BCUT2D eigenvalue weighted by molar-refractivity contribution is 7.98. The number of carbonyl (C=O) groups excluding carboxylic acids is 2. The zero-order valence-electron chi connectivity index (χ0n) is 13.0. The summed E-state index contributed by atoms with van der Waals surface area (Å²) in [6, 6.07) is 9.28. The van der Waals surface area contributed by atoms with Crippen molar-refractivity contribution in [2.24, 2.45) is 0 Å². The molecule has 3 amide bonds. The van der Waals surface area contributed by atoms with Crippen LogP contribution in [0.15, 0.2) is 30.3 Å². The monoisotopic (exact) mass is 321 g/mol. The molecule has 0 radical (unpaired) electrons. The second-order valence-corrected chi connectivity index (χ2v) is 6.43. The number of thioether (sulfide) groups is 1.